The van der Waals surface area contributed by atoms with E-state index in [9.17, 15) is 15.0 Å². The van der Waals surface area contributed by atoms with Crippen LogP contribution in [-0.2, 0) is 4.79 Å². The van der Waals surface area contributed by atoms with E-state index in [0.717, 1.165) is 48.9 Å². The van der Waals surface area contributed by atoms with Gasteiger partial charge in [-0.3, -0.25) is 4.79 Å². The second-order valence-corrected chi connectivity index (χ2v) is 12.5. The zero-order valence-corrected chi connectivity index (χ0v) is 20.4. The fourth-order valence-corrected chi connectivity index (χ4v) is 9.13. The van der Waals surface area contributed by atoms with Crippen LogP contribution in [0.3, 0.4) is 0 Å². The molecule has 0 bridgehead atoms. The van der Waals surface area contributed by atoms with Crippen LogP contribution < -0.4 is 0 Å². The van der Waals surface area contributed by atoms with E-state index in [1.807, 2.05) is 6.92 Å². The molecular weight excluding hydrogens is 384 g/mol. The standard InChI is InChI=1S/C28H46O3/c1-18(6-5-7-19(2)26(30)31)23-10-11-24-22-9-8-21-16-20(17-29)12-14-27(21,3)25(22)13-15-28(23,24)4/h12,18-19,21-25,29H,5-11,13-17H2,1-4H3,(H,30,31)/t18-,19?,21?,22+,23-,24+,25+,27+,28-/m1/s1. The van der Waals surface area contributed by atoms with Gasteiger partial charge in [-0.1, -0.05) is 46.6 Å². The van der Waals surface area contributed by atoms with Crippen molar-refractivity contribution in [2.24, 2.45) is 52.3 Å². The lowest BCUT2D eigenvalue weighted by atomic mass is 9.45. The van der Waals surface area contributed by atoms with E-state index in [2.05, 4.69) is 26.8 Å². The van der Waals surface area contributed by atoms with Gasteiger partial charge in [0.15, 0.2) is 0 Å². The normalized spacial score (nSPS) is 43.9. The summed E-state index contributed by atoms with van der Waals surface area (Å²) in [7, 11) is 0. The van der Waals surface area contributed by atoms with E-state index < -0.39 is 5.97 Å². The second-order valence-electron chi connectivity index (χ2n) is 12.5. The number of rotatable bonds is 7. The summed E-state index contributed by atoms with van der Waals surface area (Å²) < 4.78 is 0. The quantitative estimate of drug-likeness (QED) is 0.442. The summed E-state index contributed by atoms with van der Waals surface area (Å²) in [5.41, 5.74) is 2.22. The highest BCUT2D eigenvalue weighted by Crippen LogP contribution is 2.68. The van der Waals surface area contributed by atoms with Crippen LogP contribution in [0.15, 0.2) is 11.6 Å². The first kappa shape index (κ1) is 23.3. The fraction of sp³-hybridized carbons (Fsp3) is 0.893. The summed E-state index contributed by atoms with van der Waals surface area (Å²) in [6, 6.07) is 0. The Kier molecular flexibility index (Phi) is 6.65. The van der Waals surface area contributed by atoms with Crippen molar-refractivity contribution in [3.05, 3.63) is 11.6 Å². The van der Waals surface area contributed by atoms with Crippen molar-refractivity contribution in [2.45, 2.75) is 98.3 Å². The predicted octanol–water partition coefficient (Wildman–Crippen LogP) is 6.70. The van der Waals surface area contributed by atoms with Crippen LogP contribution in [0.4, 0.5) is 0 Å². The predicted molar refractivity (Wildman–Crippen MR) is 126 cm³/mol. The van der Waals surface area contributed by atoms with Crippen LogP contribution in [0.2, 0.25) is 0 Å². The first-order chi connectivity index (χ1) is 14.7. The van der Waals surface area contributed by atoms with Gasteiger partial charge in [0.25, 0.3) is 0 Å². The Balaban J connectivity index is 1.43. The third-order valence-corrected chi connectivity index (χ3v) is 11.1. The molecule has 4 rings (SSSR count). The summed E-state index contributed by atoms with van der Waals surface area (Å²) >= 11 is 0. The summed E-state index contributed by atoms with van der Waals surface area (Å²) in [5.74, 6) is 4.10. The second kappa shape index (κ2) is 8.84. The smallest absolute Gasteiger partial charge is 0.306 e. The molecule has 0 aromatic heterocycles. The van der Waals surface area contributed by atoms with E-state index in [-0.39, 0.29) is 12.5 Å². The molecular formula is C28H46O3. The topological polar surface area (TPSA) is 57.5 Å². The van der Waals surface area contributed by atoms with Crippen molar-refractivity contribution < 1.29 is 15.0 Å². The van der Waals surface area contributed by atoms with Gasteiger partial charge in [-0.2, -0.15) is 0 Å². The molecule has 3 heteroatoms. The van der Waals surface area contributed by atoms with Gasteiger partial charge in [-0.05, 0) is 110 Å². The number of aliphatic hydroxyl groups is 1. The van der Waals surface area contributed by atoms with E-state index in [1.165, 1.54) is 56.9 Å². The molecule has 3 nitrogen and oxygen atoms in total. The molecule has 0 aliphatic heterocycles. The summed E-state index contributed by atoms with van der Waals surface area (Å²) in [6.45, 7) is 9.77. The first-order valence-electron chi connectivity index (χ1n) is 13.2. The van der Waals surface area contributed by atoms with Crippen LogP contribution >= 0.6 is 0 Å². The molecule has 3 saturated carbocycles. The van der Waals surface area contributed by atoms with Gasteiger partial charge < -0.3 is 10.2 Å². The molecule has 4 aliphatic carbocycles. The van der Waals surface area contributed by atoms with Crippen molar-refractivity contribution in [3.8, 4) is 0 Å². The number of carboxylic acid groups (broad SMARTS) is 1. The molecule has 4 aliphatic rings. The molecule has 2 unspecified atom stereocenters. The minimum Gasteiger partial charge on any atom is -0.481 e. The van der Waals surface area contributed by atoms with Crippen molar-refractivity contribution in [3.63, 3.8) is 0 Å². The Hall–Kier alpha value is -0.830. The maximum atomic E-state index is 11.1. The molecule has 0 saturated heterocycles. The monoisotopic (exact) mass is 430 g/mol. The number of fused-ring (bicyclic) bond motifs is 5. The molecule has 0 radical (unpaired) electrons. The number of aliphatic carboxylic acids is 1. The number of aliphatic hydroxyl groups excluding tert-OH is 1. The fourth-order valence-electron chi connectivity index (χ4n) is 9.13. The zero-order valence-electron chi connectivity index (χ0n) is 20.4. The number of allylic oxidation sites excluding steroid dienone is 1. The lowest BCUT2D eigenvalue weighted by Crippen LogP contribution is -2.52. The minimum atomic E-state index is -0.647. The van der Waals surface area contributed by atoms with E-state index in [1.54, 1.807) is 0 Å². The Morgan fingerprint density at radius 3 is 2.52 bits per heavy atom. The van der Waals surface area contributed by atoms with Crippen LogP contribution in [0.5, 0.6) is 0 Å². The van der Waals surface area contributed by atoms with Crippen LogP contribution in [0.1, 0.15) is 98.3 Å². The van der Waals surface area contributed by atoms with Crippen molar-refractivity contribution in [1.82, 2.24) is 0 Å². The Morgan fingerprint density at radius 2 is 1.81 bits per heavy atom. The van der Waals surface area contributed by atoms with E-state index >= 15 is 0 Å². The lowest BCUT2D eigenvalue weighted by Gasteiger charge is -2.60. The molecule has 2 N–H and O–H groups in total. The van der Waals surface area contributed by atoms with Gasteiger partial charge in [-0.15, -0.1) is 0 Å². The van der Waals surface area contributed by atoms with E-state index in [0.29, 0.717) is 16.7 Å². The van der Waals surface area contributed by atoms with Crippen molar-refractivity contribution >= 4 is 5.97 Å². The van der Waals surface area contributed by atoms with Crippen LogP contribution in [0.25, 0.3) is 0 Å². The van der Waals surface area contributed by atoms with Gasteiger partial charge in [0, 0.05) is 0 Å². The summed E-state index contributed by atoms with van der Waals surface area (Å²) in [6.07, 6.45) is 16.1. The summed E-state index contributed by atoms with van der Waals surface area (Å²) in [4.78, 5) is 11.1. The summed E-state index contributed by atoms with van der Waals surface area (Å²) in [5, 5.41) is 18.8. The molecule has 0 heterocycles. The SMILES string of the molecule is CC(CCC[C@@H](C)[C@H]1CC[C@H]2[C@@H]3CCC4CC(CO)=CC[C@]4(C)[C@H]3CC[C@]12C)C(=O)O. The van der Waals surface area contributed by atoms with Gasteiger partial charge in [0.1, 0.15) is 0 Å². The minimum absolute atomic E-state index is 0.207. The number of carboxylic acids is 1. The molecule has 31 heavy (non-hydrogen) atoms. The largest absolute Gasteiger partial charge is 0.481 e. The van der Waals surface area contributed by atoms with Crippen LogP contribution in [-0.4, -0.2) is 22.8 Å². The van der Waals surface area contributed by atoms with Gasteiger partial charge >= 0.3 is 5.97 Å². The molecule has 9 atom stereocenters. The highest BCUT2D eigenvalue weighted by Gasteiger charge is 2.60. The maximum absolute atomic E-state index is 11.1. The van der Waals surface area contributed by atoms with Crippen LogP contribution in [0, 0.1) is 52.3 Å². The molecule has 0 aromatic carbocycles. The number of carbonyl (C=O) groups is 1. The highest BCUT2D eigenvalue weighted by molar-refractivity contribution is 5.69. The Bertz CT molecular complexity index is 698. The third-order valence-electron chi connectivity index (χ3n) is 11.1. The molecule has 0 amide bonds. The average Bonchev–Trinajstić information content (AvgIpc) is 3.10. The maximum Gasteiger partial charge on any atom is 0.306 e. The molecule has 0 aromatic rings. The van der Waals surface area contributed by atoms with Gasteiger partial charge in [0.05, 0.1) is 12.5 Å². The van der Waals surface area contributed by atoms with Crippen molar-refractivity contribution in [2.75, 3.05) is 6.61 Å². The Labute approximate surface area is 190 Å². The van der Waals surface area contributed by atoms with Crippen molar-refractivity contribution in [1.29, 1.82) is 0 Å². The van der Waals surface area contributed by atoms with Gasteiger partial charge in [-0.25, -0.2) is 0 Å². The molecule has 0 spiro atoms. The zero-order chi connectivity index (χ0) is 22.4. The third kappa shape index (κ3) is 4.02. The lowest BCUT2D eigenvalue weighted by molar-refractivity contribution is -0.141. The molecule has 3 fully saturated rings. The van der Waals surface area contributed by atoms with E-state index in [4.69, 9.17) is 0 Å². The number of hydrogen-bond acceptors (Lipinski definition) is 2. The molecule has 176 valence electrons. The Morgan fingerprint density at radius 1 is 1.06 bits per heavy atom. The first-order valence-corrected chi connectivity index (χ1v) is 13.2. The van der Waals surface area contributed by atoms with Gasteiger partial charge in [0.2, 0.25) is 0 Å². The highest BCUT2D eigenvalue weighted by atomic mass is 16.4. The number of hydrogen-bond donors (Lipinski definition) is 2. The average molecular weight is 431 g/mol.